The number of hydrogen-bond donors (Lipinski definition) is 2. The first-order valence-corrected chi connectivity index (χ1v) is 4.23. The highest BCUT2D eigenvalue weighted by Gasteiger charge is 2.27. The lowest BCUT2D eigenvalue weighted by Crippen LogP contribution is -2.33. The van der Waals surface area contributed by atoms with Crippen LogP contribution in [0.3, 0.4) is 0 Å². The van der Waals surface area contributed by atoms with Crippen LogP contribution in [0.15, 0.2) is 16.6 Å². The van der Waals surface area contributed by atoms with E-state index >= 15 is 0 Å². The fourth-order valence-electron chi connectivity index (χ4n) is 0.923. The standard InChI is InChI=1S/C6H4BBrFNO4/c8-4-2-1-3(7(11)12)5(9)6(4)10(13)14/h1-2,11-12H. The fraction of sp³-hybridized carbons (Fsp3) is 0. The Morgan fingerprint density at radius 2 is 2.07 bits per heavy atom. The highest BCUT2D eigenvalue weighted by atomic mass is 79.9. The van der Waals surface area contributed by atoms with Gasteiger partial charge in [0.25, 0.3) is 0 Å². The molecule has 14 heavy (non-hydrogen) atoms. The summed E-state index contributed by atoms with van der Waals surface area (Å²) in [7, 11) is -2.07. The summed E-state index contributed by atoms with van der Waals surface area (Å²) in [6.07, 6.45) is 0. The van der Waals surface area contributed by atoms with E-state index < -0.39 is 29.0 Å². The molecule has 5 nitrogen and oxygen atoms in total. The first kappa shape index (κ1) is 11.1. The summed E-state index contributed by atoms with van der Waals surface area (Å²) in [5.41, 5.74) is -1.34. The van der Waals surface area contributed by atoms with Crippen molar-refractivity contribution in [3.05, 3.63) is 32.5 Å². The van der Waals surface area contributed by atoms with E-state index in [1.54, 1.807) is 0 Å². The van der Waals surface area contributed by atoms with Crippen molar-refractivity contribution in [1.29, 1.82) is 0 Å². The molecule has 0 saturated heterocycles. The lowest BCUT2D eigenvalue weighted by molar-refractivity contribution is -0.388. The summed E-state index contributed by atoms with van der Waals surface area (Å²) in [6, 6.07) is 2.23. The molecule has 0 aliphatic rings. The van der Waals surface area contributed by atoms with E-state index in [1.807, 2.05) is 0 Å². The lowest BCUT2D eigenvalue weighted by Gasteiger charge is -2.02. The molecule has 0 saturated carbocycles. The Kier molecular flexibility index (Phi) is 3.19. The molecule has 0 heterocycles. The first-order valence-electron chi connectivity index (χ1n) is 3.43. The Morgan fingerprint density at radius 1 is 1.50 bits per heavy atom. The van der Waals surface area contributed by atoms with Crippen molar-refractivity contribution in [3.63, 3.8) is 0 Å². The van der Waals surface area contributed by atoms with Gasteiger partial charge in [-0.1, -0.05) is 6.07 Å². The van der Waals surface area contributed by atoms with Gasteiger partial charge in [-0.3, -0.25) is 10.1 Å². The Labute approximate surface area is 86.6 Å². The Hall–Kier alpha value is -0.985. The summed E-state index contributed by atoms with van der Waals surface area (Å²) < 4.78 is 13.2. The van der Waals surface area contributed by atoms with E-state index in [4.69, 9.17) is 10.0 Å². The van der Waals surface area contributed by atoms with Gasteiger partial charge in [-0.05, 0) is 22.0 Å². The van der Waals surface area contributed by atoms with Crippen molar-refractivity contribution >= 4 is 34.2 Å². The Morgan fingerprint density at radius 3 is 2.50 bits per heavy atom. The smallest absolute Gasteiger partial charge is 0.423 e. The second-order valence-corrected chi connectivity index (χ2v) is 3.28. The van der Waals surface area contributed by atoms with Gasteiger partial charge in [-0.2, -0.15) is 4.39 Å². The molecule has 0 spiro atoms. The van der Waals surface area contributed by atoms with Crippen molar-refractivity contribution in [1.82, 2.24) is 0 Å². The van der Waals surface area contributed by atoms with Crippen LogP contribution >= 0.6 is 15.9 Å². The van der Waals surface area contributed by atoms with Gasteiger partial charge < -0.3 is 10.0 Å². The molecule has 2 N–H and O–H groups in total. The minimum absolute atomic E-state index is 0.0515. The molecular formula is C6H4BBrFNO4. The number of hydrogen-bond acceptors (Lipinski definition) is 4. The van der Waals surface area contributed by atoms with Crippen molar-refractivity contribution < 1.29 is 19.4 Å². The maximum absolute atomic E-state index is 13.2. The molecule has 0 bridgehead atoms. The SMILES string of the molecule is O=[N+]([O-])c1c(Br)ccc(B(O)O)c1F. The van der Waals surface area contributed by atoms with Gasteiger partial charge in [0.15, 0.2) is 0 Å². The molecule has 0 radical (unpaired) electrons. The van der Waals surface area contributed by atoms with Crippen LogP contribution in [0.5, 0.6) is 0 Å². The van der Waals surface area contributed by atoms with Crippen LogP contribution in [0.2, 0.25) is 0 Å². The maximum Gasteiger partial charge on any atom is 0.491 e. The van der Waals surface area contributed by atoms with Crippen molar-refractivity contribution in [2.24, 2.45) is 0 Å². The first-order chi connectivity index (χ1) is 6.45. The number of nitrogens with zero attached hydrogens (tertiary/aromatic N) is 1. The van der Waals surface area contributed by atoms with Gasteiger partial charge >= 0.3 is 12.8 Å². The van der Waals surface area contributed by atoms with Crippen LogP contribution < -0.4 is 5.46 Å². The van der Waals surface area contributed by atoms with E-state index in [-0.39, 0.29) is 4.47 Å². The summed E-state index contributed by atoms with van der Waals surface area (Å²) in [4.78, 5) is 9.45. The number of halogens is 2. The topological polar surface area (TPSA) is 83.6 Å². The van der Waals surface area contributed by atoms with Crippen LogP contribution in [-0.2, 0) is 0 Å². The van der Waals surface area contributed by atoms with Crippen molar-refractivity contribution in [3.8, 4) is 0 Å². The van der Waals surface area contributed by atoms with Gasteiger partial charge in [0.1, 0.15) is 0 Å². The largest absolute Gasteiger partial charge is 0.491 e. The molecule has 0 amide bonds. The van der Waals surface area contributed by atoms with Crippen LogP contribution in [0.25, 0.3) is 0 Å². The average molecular weight is 264 g/mol. The zero-order chi connectivity index (χ0) is 10.9. The predicted molar refractivity (Wildman–Crippen MR) is 50.6 cm³/mol. The summed E-state index contributed by atoms with van der Waals surface area (Å²) in [5.74, 6) is -1.25. The van der Waals surface area contributed by atoms with Gasteiger partial charge in [-0.15, -0.1) is 0 Å². The molecule has 0 fully saturated rings. The highest BCUT2D eigenvalue weighted by molar-refractivity contribution is 9.10. The van der Waals surface area contributed by atoms with Gasteiger partial charge in [-0.25, -0.2) is 0 Å². The number of rotatable bonds is 2. The van der Waals surface area contributed by atoms with Gasteiger partial charge in [0.05, 0.1) is 9.40 Å². The molecule has 0 aliphatic heterocycles. The molecule has 8 heteroatoms. The second-order valence-electron chi connectivity index (χ2n) is 2.43. The van der Waals surface area contributed by atoms with E-state index in [2.05, 4.69) is 15.9 Å². The third-order valence-corrected chi connectivity index (χ3v) is 2.20. The van der Waals surface area contributed by atoms with Crippen molar-refractivity contribution in [2.45, 2.75) is 0 Å². The highest BCUT2D eigenvalue weighted by Crippen LogP contribution is 2.26. The Balaban J connectivity index is 3.41. The summed E-state index contributed by atoms with van der Waals surface area (Å²) >= 11 is 2.79. The predicted octanol–water partition coefficient (Wildman–Crippen LogP) is 0.176. The fourth-order valence-corrected chi connectivity index (χ4v) is 1.37. The molecule has 0 unspecified atom stereocenters. The number of nitro benzene ring substituents is 1. The summed E-state index contributed by atoms with van der Waals surface area (Å²) in [6.45, 7) is 0. The molecule has 0 atom stereocenters. The van der Waals surface area contributed by atoms with E-state index in [1.165, 1.54) is 6.07 Å². The number of benzene rings is 1. The monoisotopic (exact) mass is 263 g/mol. The lowest BCUT2D eigenvalue weighted by atomic mass is 9.79. The molecule has 0 aliphatic carbocycles. The maximum atomic E-state index is 13.2. The van der Waals surface area contributed by atoms with Crippen molar-refractivity contribution in [2.75, 3.05) is 0 Å². The molecule has 1 aromatic rings. The third kappa shape index (κ3) is 1.92. The van der Waals surface area contributed by atoms with E-state index in [0.29, 0.717) is 0 Å². The average Bonchev–Trinajstić information content (AvgIpc) is 2.02. The van der Waals surface area contributed by atoms with E-state index in [0.717, 1.165) is 6.07 Å². The molecule has 1 rings (SSSR count). The zero-order valence-electron chi connectivity index (χ0n) is 6.65. The van der Waals surface area contributed by atoms with Crippen LogP contribution in [0.1, 0.15) is 0 Å². The van der Waals surface area contributed by atoms with E-state index in [9.17, 15) is 14.5 Å². The molecule has 0 aromatic heterocycles. The zero-order valence-corrected chi connectivity index (χ0v) is 8.23. The Bertz CT molecular complexity index is 386. The molecule has 1 aromatic carbocycles. The minimum Gasteiger partial charge on any atom is -0.423 e. The molecular weight excluding hydrogens is 260 g/mol. The van der Waals surface area contributed by atoms with Crippen LogP contribution in [0, 0.1) is 15.9 Å². The third-order valence-electron chi connectivity index (χ3n) is 1.56. The van der Waals surface area contributed by atoms with Gasteiger partial charge in [0.2, 0.25) is 5.82 Å². The second kappa shape index (κ2) is 4.03. The normalized spacial score (nSPS) is 10.0. The minimum atomic E-state index is -2.07. The van der Waals surface area contributed by atoms with Crippen LogP contribution in [-0.4, -0.2) is 22.1 Å². The van der Waals surface area contributed by atoms with Gasteiger partial charge in [0, 0.05) is 5.46 Å². The summed E-state index contributed by atoms with van der Waals surface area (Å²) in [5, 5.41) is 27.7. The number of nitro groups is 1. The quantitative estimate of drug-likeness (QED) is 0.453. The molecule has 74 valence electrons. The van der Waals surface area contributed by atoms with Crippen LogP contribution in [0.4, 0.5) is 10.1 Å².